The van der Waals surface area contributed by atoms with Gasteiger partial charge < -0.3 is 4.74 Å². The highest BCUT2D eigenvalue weighted by atomic mass is 35.5. The van der Waals surface area contributed by atoms with Crippen molar-refractivity contribution in [1.29, 1.82) is 0 Å². The summed E-state index contributed by atoms with van der Waals surface area (Å²) >= 11 is 5.70. The van der Waals surface area contributed by atoms with E-state index in [4.69, 9.17) is 11.6 Å². The number of methoxy groups -OCH3 is 1. The number of esters is 1. The monoisotopic (exact) mass is 326 g/mol. The summed E-state index contributed by atoms with van der Waals surface area (Å²) in [6.45, 7) is 0. The first-order valence-electron chi connectivity index (χ1n) is 5.76. The number of nitrogens with zero attached hydrogens (tertiary/aromatic N) is 1. The van der Waals surface area contributed by atoms with Crippen LogP contribution in [0.15, 0.2) is 47.5 Å². The van der Waals surface area contributed by atoms with Crippen molar-refractivity contribution in [1.82, 2.24) is 4.98 Å². The Kier molecular flexibility index (Phi) is 4.44. The van der Waals surface area contributed by atoms with Crippen molar-refractivity contribution < 1.29 is 17.9 Å². The molecule has 0 radical (unpaired) electrons. The molecular formula is C13H11ClN2O4S. The van der Waals surface area contributed by atoms with Crippen LogP contribution in [0.25, 0.3) is 0 Å². The predicted octanol–water partition coefficient (Wildman–Crippen LogP) is 2.32. The van der Waals surface area contributed by atoms with E-state index >= 15 is 0 Å². The Hall–Kier alpha value is -2.12. The van der Waals surface area contributed by atoms with Gasteiger partial charge in [0.15, 0.2) is 0 Å². The van der Waals surface area contributed by atoms with Crippen LogP contribution in [0.1, 0.15) is 10.4 Å². The topological polar surface area (TPSA) is 85.4 Å². The van der Waals surface area contributed by atoms with Gasteiger partial charge >= 0.3 is 5.97 Å². The lowest BCUT2D eigenvalue weighted by Crippen LogP contribution is -2.17. The van der Waals surface area contributed by atoms with E-state index in [1.807, 2.05) is 0 Å². The van der Waals surface area contributed by atoms with Crippen LogP contribution in [0.3, 0.4) is 0 Å². The van der Waals surface area contributed by atoms with Gasteiger partial charge in [-0.1, -0.05) is 23.7 Å². The molecule has 2 aromatic rings. The molecular weight excluding hydrogens is 316 g/mol. The Morgan fingerprint density at radius 1 is 1.29 bits per heavy atom. The SMILES string of the molecule is COC(=O)c1ccccc1S(=O)(=O)Nc1ccnc(Cl)c1. The molecule has 6 nitrogen and oxygen atoms in total. The molecule has 0 unspecified atom stereocenters. The Bertz CT molecular complexity index is 777. The average Bonchev–Trinajstić information content (AvgIpc) is 2.46. The van der Waals surface area contributed by atoms with E-state index in [0.717, 1.165) is 0 Å². The molecule has 110 valence electrons. The van der Waals surface area contributed by atoms with Crippen molar-refractivity contribution >= 4 is 33.3 Å². The summed E-state index contributed by atoms with van der Waals surface area (Å²) in [5.74, 6) is -0.733. The third-order valence-corrected chi connectivity index (χ3v) is 4.21. The first-order chi connectivity index (χ1) is 9.94. The maximum absolute atomic E-state index is 12.4. The molecule has 0 amide bonds. The zero-order valence-electron chi connectivity index (χ0n) is 10.9. The highest BCUT2D eigenvalue weighted by molar-refractivity contribution is 7.92. The van der Waals surface area contributed by atoms with Gasteiger partial charge in [-0.25, -0.2) is 18.2 Å². The van der Waals surface area contributed by atoms with Crippen molar-refractivity contribution in [3.05, 3.63) is 53.3 Å². The van der Waals surface area contributed by atoms with Gasteiger partial charge in [0.2, 0.25) is 0 Å². The predicted molar refractivity (Wildman–Crippen MR) is 77.8 cm³/mol. The van der Waals surface area contributed by atoms with Crippen molar-refractivity contribution in [2.45, 2.75) is 4.90 Å². The number of anilines is 1. The molecule has 0 aliphatic heterocycles. The minimum atomic E-state index is -3.95. The van der Waals surface area contributed by atoms with Crippen molar-refractivity contribution in [3.8, 4) is 0 Å². The number of halogens is 1. The molecule has 2 rings (SSSR count). The normalized spacial score (nSPS) is 11.0. The number of sulfonamides is 1. The maximum atomic E-state index is 12.4. The van der Waals surface area contributed by atoms with Crippen LogP contribution in [0.2, 0.25) is 5.15 Å². The van der Waals surface area contributed by atoms with Crippen LogP contribution in [0.4, 0.5) is 5.69 Å². The third kappa shape index (κ3) is 3.50. The number of ether oxygens (including phenoxy) is 1. The second-order valence-corrected chi connectivity index (χ2v) is 6.00. The van der Waals surface area contributed by atoms with E-state index in [9.17, 15) is 13.2 Å². The standard InChI is InChI=1S/C13H11ClN2O4S/c1-20-13(17)10-4-2-3-5-11(10)21(18,19)16-9-6-7-15-12(14)8-9/h2-8H,1H3,(H,15,16). The van der Waals surface area contributed by atoms with E-state index < -0.39 is 16.0 Å². The van der Waals surface area contributed by atoms with Gasteiger partial charge in [-0.2, -0.15) is 0 Å². The summed E-state index contributed by atoms with van der Waals surface area (Å²) < 4.78 is 31.7. The number of carbonyl (C=O) groups is 1. The first-order valence-corrected chi connectivity index (χ1v) is 7.62. The molecule has 0 bridgehead atoms. The van der Waals surface area contributed by atoms with Crippen LogP contribution in [-0.4, -0.2) is 26.5 Å². The number of carbonyl (C=O) groups excluding carboxylic acids is 1. The number of hydrogen-bond donors (Lipinski definition) is 1. The van der Waals surface area contributed by atoms with E-state index in [0.29, 0.717) is 0 Å². The van der Waals surface area contributed by atoms with Gasteiger partial charge in [0.05, 0.1) is 18.4 Å². The summed E-state index contributed by atoms with van der Waals surface area (Å²) in [5, 5.41) is 0.149. The van der Waals surface area contributed by atoms with Crippen molar-refractivity contribution in [2.24, 2.45) is 0 Å². The lowest BCUT2D eigenvalue weighted by atomic mass is 10.2. The molecule has 0 saturated carbocycles. The van der Waals surface area contributed by atoms with Crippen LogP contribution in [-0.2, 0) is 14.8 Å². The lowest BCUT2D eigenvalue weighted by molar-refractivity contribution is 0.0596. The fraction of sp³-hybridized carbons (Fsp3) is 0.0769. The number of benzene rings is 1. The third-order valence-electron chi connectivity index (χ3n) is 2.56. The summed E-state index contributed by atoms with van der Waals surface area (Å²) in [5.41, 5.74) is 0.197. The Balaban J connectivity index is 2.43. The first kappa shape index (κ1) is 15.3. The van der Waals surface area contributed by atoms with Crippen LogP contribution in [0.5, 0.6) is 0 Å². The number of hydrogen-bond acceptors (Lipinski definition) is 5. The van der Waals surface area contributed by atoms with E-state index in [2.05, 4.69) is 14.4 Å². The van der Waals surface area contributed by atoms with Gasteiger partial charge in [-0.3, -0.25) is 4.72 Å². The van der Waals surface area contributed by atoms with Gasteiger partial charge in [0, 0.05) is 6.20 Å². The van der Waals surface area contributed by atoms with Crippen LogP contribution in [0, 0.1) is 0 Å². The van der Waals surface area contributed by atoms with E-state index in [1.165, 1.54) is 43.6 Å². The molecule has 0 spiro atoms. The zero-order valence-corrected chi connectivity index (χ0v) is 12.5. The summed E-state index contributed by atoms with van der Waals surface area (Å²) in [7, 11) is -2.77. The molecule has 8 heteroatoms. The minimum Gasteiger partial charge on any atom is -0.465 e. The summed E-state index contributed by atoms with van der Waals surface area (Å²) in [4.78, 5) is 15.2. The summed E-state index contributed by atoms with van der Waals surface area (Å²) in [6, 6.07) is 8.57. The Labute approximate surface area is 126 Å². The molecule has 1 N–H and O–H groups in total. The van der Waals surface area contributed by atoms with Gasteiger partial charge in [-0.05, 0) is 24.3 Å². The highest BCUT2D eigenvalue weighted by Crippen LogP contribution is 2.21. The lowest BCUT2D eigenvalue weighted by Gasteiger charge is -2.11. The smallest absolute Gasteiger partial charge is 0.339 e. The van der Waals surface area contributed by atoms with E-state index in [-0.39, 0.29) is 21.3 Å². The quantitative estimate of drug-likeness (QED) is 0.688. The largest absolute Gasteiger partial charge is 0.465 e. The number of nitrogens with one attached hydrogen (secondary N) is 1. The molecule has 0 atom stereocenters. The minimum absolute atomic E-state index is 0.0485. The van der Waals surface area contributed by atoms with Gasteiger partial charge in [-0.15, -0.1) is 0 Å². The molecule has 21 heavy (non-hydrogen) atoms. The molecule has 0 aliphatic carbocycles. The zero-order chi connectivity index (χ0) is 15.5. The van der Waals surface area contributed by atoms with E-state index in [1.54, 1.807) is 6.07 Å². The second-order valence-electron chi connectivity index (χ2n) is 3.96. The van der Waals surface area contributed by atoms with Crippen molar-refractivity contribution in [2.75, 3.05) is 11.8 Å². The fourth-order valence-electron chi connectivity index (χ4n) is 1.66. The Morgan fingerprint density at radius 3 is 2.67 bits per heavy atom. The average molecular weight is 327 g/mol. The maximum Gasteiger partial charge on any atom is 0.339 e. The molecule has 0 aliphatic rings. The second kappa shape index (κ2) is 6.11. The number of rotatable bonds is 4. The Morgan fingerprint density at radius 2 is 2.00 bits per heavy atom. The molecule has 0 saturated heterocycles. The molecule has 1 aromatic heterocycles. The number of aromatic nitrogens is 1. The van der Waals surface area contributed by atoms with Gasteiger partial charge in [0.25, 0.3) is 10.0 Å². The van der Waals surface area contributed by atoms with Crippen LogP contribution < -0.4 is 4.72 Å². The van der Waals surface area contributed by atoms with Gasteiger partial charge in [0.1, 0.15) is 10.0 Å². The highest BCUT2D eigenvalue weighted by Gasteiger charge is 2.22. The summed E-state index contributed by atoms with van der Waals surface area (Å²) in [6.07, 6.45) is 1.37. The number of pyridine rings is 1. The molecule has 1 heterocycles. The molecule has 1 aromatic carbocycles. The van der Waals surface area contributed by atoms with Crippen LogP contribution >= 0.6 is 11.6 Å². The fourth-order valence-corrected chi connectivity index (χ4v) is 3.08. The molecule has 0 fully saturated rings. The van der Waals surface area contributed by atoms with Crippen molar-refractivity contribution in [3.63, 3.8) is 0 Å².